The van der Waals surface area contributed by atoms with Crippen LogP contribution in [0.3, 0.4) is 0 Å². The van der Waals surface area contributed by atoms with Crippen molar-refractivity contribution in [3.05, 3.63) is 29.3 Å². The van der Waals surface area contributed by atoms with Crippen LogP contribution in [0, 0.1) is 5.41 Å². The Kier molecular flexibility index (Phi) is 3.71. The zero-order valence-electron chi connectivity index (χ0n) is 11.2. The van der Waals surface area contributed by atoms with Crippen LogP contribution in [0.15, 0.2) is 18.2 Å². The van der Waals surface area contributed by atoms with Crippen LogP contribution in [0.2, 0.25) is 0 Å². The minimum absolute atomic E-state index is 0.238. The maximum Gasteiger partial charge on any atom is 0.140 e. The normalized spacial score (nSPS) is 14.2. The van der Waals surface area contributed by atoms with E-state index < -0.39 is 5.41 Å². The summed E-state index contributed by atoms with van der Waals surface area (Å²) in [7, 11) is 0. The van der Waals surface area contributed by atoms with Gasteiger partial charge in [0.15, 0.2) is 0 Å². The predicted molar refractivity (Wildman–Crippen MR) is 71.8 cm³/mol. The van der Waals surface area contributed by atoms with Crippen molar-refractivity contribution < 1.29 is 9.53 Å². The molecule has 2 N–H and O–H groups in total. The highest BCUT2D eigenvalue weighted by Gasteiger charge is 2.25. The average Bonchev–Trinajstić information content (AvgIpc) is 2.83. The van der Waals surface area contributed by atoms with E-state index in [9.17, 15) is 4.79 Å². The molecule has 98 valence electrons. The predicted octanol–water partition coefficient (Wildman–Crippen LogP) is 2.11. The summed E-state index contributed by atoms with van der Waals surface area (Å²) >= 11 is 0. The topological polar surface area (TPSA) is 52.3 Å². The smallest absolute Gasteiger partial charge is 0.140 e. The molecule has 1 aliphatic heterocycles. The first-order valence-corrected chi connectivity index (χ1v) is 6.51. The lowest BCUT2D eigenvalue weighted by Gasteiger charge is -2.20. The molecule has 3 nitrogen and oxygen atoms in total. The van der Waals surface area contributed by atoms with Gasteiger partial charge in [0.2, 0.25) is 0 Å². The van der Waals surface area contributed by atoms with Gasteiger partial charge in [0.1, 0.15) is 11.5 Å². The number of ketones is 1. The second-order valence-corrected chi connectivity index (χ2v) is 5.55. The van der Waals surface area contributed by atoms with E-state index in [1.54, 1.807) is 0 Å². The number of hydrogen-bond donors (Lipinski definition) is 1. The first-order valence-electron chi connectivity index (χ1n) is 6.51. The van der Waals surface area contributed by atoms with Crippen molar-refractivity contribution in [2.24, 2.45) is 11.1 Å². The van der Waals surface area contributed by atoms with Crippen molar-refractivity contribution in [2.75, 3.05) is 13.2 Å². The van der Waals surface area contributed by atoms with E-state index >= 15 is 0 Å². The van der Waals surface area contributed by atoms with Gasteiger partial charge in [-0.05, 0) is 23.6 Å². The summed E-state index contributed by atoms with van der Waals surface area (Å²) in [4.78, 5) is 12.0. The number of rotatable bonds is 5. The summed E-state index contributed by atoms with van der Waals surface area (Å²) in [6.07, 6.45) is 2.32. The van der Waals surface area contributed by atoms with Crippen LogP contribution in [0.1, 0.15) is 31.4 Å². The van der Waals surface area contributed by atoms with E-state index in [0.29, 0.717) is 13.0 Å². The zero-order chi connectivity index (χ0) is 13.2. The summed E-state index contributed by atoms with van der Waals surface area (Å²) in [5, 5.41) is 0. The number of aryl methyl sites for hydroxylation is 1. The molecule has 0 aromatic heterocycles. The molecule has 0 amide bonds. The van der Waals surface area contributed by atoms with Gasteiger partial charge in [0.25, 0.3) is 0 Å². The van der Waals surface area contributed by atoms with Crippen molar-refractivity contribution in [3.8, 4) is 5.75 Å². The lowest BCUT2D eigenvalue weighted by molar-refractivity contribution is -0.126. The molecule has 18 heavy (non-hydrogen) atoms. The number of fused-ring (bicyclic) bond motifs is 1. The maximum atomic E-state index is 12.0. The van der Waals surface area contributed by atoms with Crippen LogP contribution in [-0.4, -0.2) is 18.9 Å². The molecule has 1 heterocycles. The van der Waals surface area contributed by atoms with Crippen LogP contribution < -0.4 is 10.5 Å². The number of ether oxygens (including phenoxy) is 1. The summed E-state index contributed by atoms with van der Waals surface area (Å²) in [6.45, 7) is 5.00. The third kappa shape index (κ3) is 2.72. The molecule has 0 spiro atoms. The summed E-state index contributed by atoms with van der Waals surface area (Å²) in [5.74, 6) is 1.23. The Labute approximate surface area is 108 Å². The van der Waals surface area contributed by atoms with E-state index in [0.717, 1.165) is 25.2 Å². The fourth-order valence-electron chi connectivity index (χ4n) is 2.11. The van der Waals surface area contributed by atoms with Crippen LogP contribution in [0.5, 0.6) is 5.75 Å². The Bertz CT molecular complexity index is 452. The largest absolute Gasteiger partial charge is 0.493 e. The van der Waals surface area contributed by atoms with Gasteiger partial charge in [0.05, 0.1) is 6.61 Å². The molecular formula is C15H21NO2. The molecule has 0 fully saturated rings. The van der Waals surface area contributed by atoms with Crippen molar-refractivity contribution in [1.82, 2.24) is 0 Å². The van der Waals surface area contributed by atoms with Gasteiger partial charge in [-0.2, -0.15) is 0 Å². The highest BCUT2D eigenvalue weighted by Crippen LogP contribution is 2.27. The van der Waals surface area contributed by atoms with Gasteiger partial charge >= 0.3 is 0 Å². The van der Waals surface area contributed by atoms with Gasteiger partial charge in [-0.1, -0.05) is 26.0 Å². The molecule has 0 radical (unpaired) electrons. The van der Waals surface area contributed by atoms with E-state index in [1.165, 1.54) is 11.1 Å². The van der Waals surface area contributed by atoms with Gasteiger partial charge in [-0.3, -0.25) is 4.79 Å². The molecule has 3 heteroatoms. The van der Waals surface area contributed by atoms with E-state index in [2.05, 4.69) is 6.07 Å². The minimum Gasteiger partial charge on any atom is -0.493 e. The maximum absolute atomic E-state index is 12.0. The van der Waals surface area contributed by atoms with Crippen LogP contribution in [-0.2, 0) is 17.6 Å². The van der Waals surface area contributed by atoms with Crippen LogP contribution in [0.4, 0.5) is 0 Å². The van der Waals surface area contributed by atoms with E-state index in [-0.39, 0.29) is 5.78 Å². The van der Waals surface area contributed by atoms with Gasteiger partial charge in [-0.25, -0.2) is 0 Å². The fourth-order valence-corrected chi connectivity index (χ4v) is 2.11. The average molecular weight is 247 g/mol. The fraction of sp³-hybridized carbons (Fsp3) is 0.533. The summed E-state index contributed by atoms with van der Waals surface area (Å²) in [5.41, 5.74) is 7.68. The number of nitrogens with two attached hydrogens (primary N) is 1. The van der Waals surface area contributed by atoms with E-state index in [4.69, 9.17) is 10.5 Å². The Hall–Kier alpha value is -1.35. The van der Waals surface area contributed by atoms with Gasteiger partial charge in [-0.15, -0.1) is 0 Å². The summed E-state index contributed by atoms with van der Waals surface area (Å²) < 4.78 is 5.47. The van der Waals surface area contributed by atoms with Gasteiger partial charge < -0.3 is 10.5 Å². The monoisotopic (exact) mass is 247 g/mol. The molecule has 0 bridgehead atoms. The van der Waals surface area contributed by atoms with Crippen molar-refractivity contribution in [3.63, 3.8) is 0 Å². The molecule has 1 aliphatic rings. The quantitative estimate of drug-likeness (QED) is 0.867. The van der Waals surface area contributed by atoms with Crippen molar-refractivity contribution in [2.45, 2.75) is 33.1 Å². The Balaban J connectivity index is 1.97. The molecule has 0 saturated heterocycles. The lowest BCUT2D eigenvalue weighted by atomic mass is 9.85. The number of hydrogen-bond acceptors (Lipinski definition) is 3. The molecule has 0 aliphatic carbocycles. The Morgan fingerprint density at radius 3 is 2.94 bits per heavy atom. The molecule has 0 atom stereocenters. The minimum atomic E-state index is -0.403. The van der Waals surface area contributed by atoms with E-state index in [1.807, 2.05) is 26.0 Å². The highest BCUT2D eigenvalue weighted by atomic mass is 16.5. The standard InChI is InChI=1S/C15H21NO2/c1-15(2,10-16)14(17)6-4-11-3-5-13-12(9-11)7-8-18-13/h3,5,9H,4,6-8,10,16H2,1-2H3. The molecule has 1 aromatic rings. The number of carbonyl (C=O) groups excluding carboxylic acids is 1. The highest BCUT2D eigenvalue weighted by molar-refractivity contribution is 5.84. The first kappa shape index (κ1) is 13.1. The molecule has 0 unspecified atom stereocenters. The number of carbonyl (C=O) groups is 1. The molecule has 2 rings (SSSR count). The van der Waals surface area contributed by atoms with Gasteiger partial charge in [0, 0.05) is 24.8 Å². The zero-order valence-corrected chi connectivity index (χ0v) is 11.2. The number of Topliss-reactive ketones (excluding diaryl/α,β-unsaturated/α-hetero) is 1. The van der Waals surface area contributed by atoms with Crippen LogP contribution >= 0.6 is 0 Å². The SMILES string of the molecule is CC(C)(CN)C(=O)CCc1ccc2c(c1)CCO2. The molecule has 1 aromatic carbocycles. The summed E-state index contributed by atoms with van der Waals surface area (Å²) in [6, 6.07) is 6.22. The number of benzene rings is 1. The third-order valence-corrected chi connectivity index (χ3v) is 3.66. The lowest BCUT2D eigenvalue weighted by Crippen LogP contribution is -2.32. The Morgan fingerprint density at radius 1 is 1.44 bits per heavy atom. The van der Waals surface area contributed by atoms with Crippen molar-refractivity contribution >= 4 is 5.78 Å². The van der Waals surface area contributed by atoms with Crippen molar-refractivity contribution in [1.29, 1.82) is 0 Å². The Morgan fingerprint density at radius 2 is 2.22 bits per heavy atom. The second-order valence-electron chi connectivity index (χ2n) is 5.55. The first-order chi connectivity index (χ1) is 8.53. The second kappa shape index (κ2) is 5.11. The molecule has 0 saturated carbocycles. The third-order valence-electron chi connectivity index (χ3n) is 3.66. The molecular weight excluding hydrogens is 226 g/mol. The van der Waals surface area contributed by atoms with Crippen LogP contribution in [0.25, 0.3) is 0 Å².